The van der Waals surface area contributed by atoms with Gasteiger partial charge in [-0.15, -0.1) is 0 Å². The van der Waals surface area contributed by atoms with Crippen molar-refractivity contribution in [2.75, 3.05) is 27.4 Å². The van der Waals surface area contributed by atoms with Crippen LogP contribution in [0.5, 0.6) is 17.6 Å². The van der Waals surface area contributed by atoms with Gasteiger partial charge in [0.1, 0.15) is 11.6 Å². The van der Waals surface area contributed by atoms with Crippen LogP contribution in [0.15, 0.2) is 63.5 Å². The topological polar surface area (TPSA) is 164 Å². The number of nitrogens with one attached hydrogen (secondary N) is 3. The van der Waals surface area contributed by atoms with E-state index in [0.717, 1.165) is 57.2 Å². The van der Waals surface area contributed by atoms with Crippen LogP contribution in [0.3, 0.4) is 0 Å². The number of rotatable bonds is 15. The maximum Gasteiger partial charge on any atom is 0.326 e. The largest absolute Gasteiger partial charge is 0.481 e. The number of aromatic nitrogens is 2. The summed E-state index contributed by atoms with van der Waals surface area (Å²) in [5.74, 6) is 0.132. The first kappa shape index (κ1) is 37.7. The number of aliphatic hydroxyl groups excluding tert-OH is 1. The highest BCUT2D eigenvalue weighted by molar-refractivity contribution is 9.11. The number of ether oxygens (including phenoxy) is 3. The van der Waals surface area contributed by atoms with Gasteiger partial charge in [0.15, 0.2) is 0 Å². The average molecular weight is 840 g/mol. The van der Waals surface area contributed by atoms with Crippen molar-refractivity contribution in [1.29, 1.82) is 0 Å². The number of aliphatic carboxylic acids is 1. The second-order valence-electron chi connectivity index (χ2n) is 13.1. The summed E-state index contributed by atoms with van der Waals surface area (Å²) in [4.78, 5) is 32.7. The third kappa shape index (κ3) is 7.96. The number of carbonyl (C=O) groups excluding carboxylic acids is 1. The fourth-order valence-electron chi connectivity index (χ4n) is 6.58. The first-order valence-electron chi connectivity index (χ1n) is 17.0. The van der Waals surface area contributed by atoms with Crippen molar-refractivity contribution in [3.8, 4) is 40.0 Å². The number of nitrogens with zero attached hydrogens (tertiary/aromatic N) is 2. The zero-order valence-electron chi connectivity index (χ0n) is 29.1. The fraction of sp³-hybridized carbons (Fsp3) is 0.368. The lowest BCUT2D eigenvalue weighted by atomic mass is 9.95. The maximum absolute atomic E-state index is 11.6. The Labute approximate surface area is 319 Å². The molecule has 2 aromatic carbocycles. The molecule has 1 fully saturated rings. The van der Waals surface area contributed by atoms with Crippen molar-refractivity contribution < 1.29 is 34.0 Å². The zero-order chi connectivity index (χ0) is 37.0. The molecule has 4 aromatic rings. The van der Waals surface area contributed by atoms with Crippen LogP contribution < -0.4 is 30.2 Å². The minimum absolute atomic E-state index is 0.102. The minimum Gasteiger partial charge on any atom is -0.481 e. The van der Waals surface area contributed by atoms with E-state index in [-0.39, 0.29) is 30.5 Å². The smallest absolute Gasteiger partial charge is 0.326 e. The molecule has 1 aliphatic carbocycles. The molecule has 0 saturated carbocycles. The van der Waals surface area contributed by atoms with Crippen LogP contribution in [0, 0.1) is 0 Å². The summed E-state index contributed by atoms with van der Waals surface area (Å²) in [5, 5.41) is 28.4. The molecule has 0 spiro atoms. The van der Waals surface area contributed by atoms with Gasteiger partial charge in [-0.3, -0.25) is 14.9 Å². The molecule has 3 heterocycles. The molecule has 12 nitrogen and oxygen atoms in total. The number of hydrogen-bond donors (Lipinski definition) is 5. The number of benzene rings is 2. The second kappa shape index (κ2) is 16.3. The maximum atomic E-state index is 11.6. The summed E-state index contributed by atoms with van der Waals surface area (Å²) < 4.78 is 19.2. The van der Waals surface area contributed by atoms with E-state index < -0.39 is 18.1 Å². The predicted octanol–water partition coefficient (Wildman–Crippen LogP) is 5.71. The summed E-state index contributed by atoms with van der Waals surface area (Å²) in [7, 11) is 3.11. The molecule has 6 rings (SSSR count). The van der Waals surface area contributed by atoms with Crippen LogP contribution in [0.25, 0.3) is 22.4 Å². The van der Waals surface area contributed by atoms with Crippen LogP contribution in [0.4, 0.5) is 0 Å². The molecule has 5 N–H and O–H groups in total. The van der Waals surface area contributed by atoms with Gasteiger partial charge in [0.2, 0.25) is 23.5 Å². The number of methoxy groups -OCH3 is 2. The minimum atomic E-state index is -1.52. The summed E-state index contributed by atoms with van der Waals surface area (Å²) >= 11 is 7.49. The van der Waals surface area contributed by atoms with Gasteiger partial charge in [-0.2, -0.15) is 4.98 Å². The normalized spacial score (nSPS) is 17.7. The van der Waals surface area contributed by atoms with Gasteiger partial charge in [0.05, 0.1) is 31.0 Å². The highest BCUT2D eigenvalue weighted by Gasteiger charge is 2.33. The van der Waals surface area contributed by atoms with E-state index in [4.69, 9.17) is 19.2 Å². The van der Waals surface area contributed by atoms with Crippen LogP contribution in [0.1, 0.15) is 54.5 Å². The number of pyridine rings is 2. The lowest BCUT2D eigenvalue weighted by Crippen LogP contribution is -2.52. The van der Waals surface area contributed by atoms with Crippen LogP contribution in [-0.2, 0) is 29.1 Å². The Bertz CT molecular complexity index is 1980. The number of carboxylic acid groups (broad SMARTS) is 1. The number of carboxylic acids is 1. The van der Waals surface area contributed by atoms with E-state index in [2.05, 4.69) is 71.0 Å². The molecule has 2 aliphatic rings. The van der Waals surface area contributed by atoms with E-state index in [0.29, 0.717) is 41.3 Å². The van der Waals surface area contributed by atoms with Gasteiger partial charge in [0.25, 0.3) is 0 Å². The summed E-state index contributed by atoms with van der Waals surface area (Å²) in [6, 6.07) is 18.3. The predicted molar refractivity (Wildman–Crippen MR) is 202 cm³/mol. The lowest BCUT2D eigenvalue weighted by molar-refractivity contribution is -0.146. The highest BCUT2D eigenvalue weighted by atomic mass is 79.9. The van der Waals surface area contributed by atoms with Gasteiger partial charge >= 0.3 is 5.97 Å². The molecular formula is C38H41Br2N5O7. The summed E-state index contributed by atoms with van der Waals surface area (Å²) in [6.45, 7) is 2.20. The van der Waals surface area contributed by atoms with Crippen molar-refractivity contribution in [3.05, 3.63) is 85.8 Å². The van der Waals surface area contributed by atoms with Crippen molar-refractivity contribution in [2.45, 2.75) is 63.4 Å². The number of aliphatic hydroxyl groups is 1. The Morgan fingerprint density at radius 2 is 1.67 bits per heavy atom. The van der Waals surface area contributed by atoms with Crippen molar-refractivity contribution in [3.63, 3.8) is 0 Å². The lowest BCUT2D eigenvalue weighted by Gasteiger charge is -2.24. The molecule has 0 radical (unpaired) electrons. The zero-order valence-corrected chi connectivity index (χ0v) is 32.3. The van der Waals surface area contributed by atoms with E-state index in [1.807, 2.05) is 30.3 Å². The number of hydrogen-bond acceptors (Lipinski definition) is 10. The standard InChI is InChI=1S/C38H41Br2N5O7/c1-38(20-46,37(48)49)42-18-22-16-29(39)36(45-35(22)51-3)52-31-14-12-25-24(6-4-7-26(25)31)27-8-5-9-28(33(27)40)30-13-10-21(34(44-30)50-2)17-41-19-23-11-15-32(47)43-23/h4-10,13,16,23,31,41-42,46H,11-12,14-15,17-20H2,1-3H3,(H,43,47)(H,48,49)/t23-,31-,38-/m0/s1. The van der Waals surface area contributed by atoms with Crippen LogP contribution in [-0.4, -0.2) is 71.0 Å². The molecule has 0 bridgehead atoms. The molecule has 1 aliphatic heterocycles. The molecule has 0 unspecified atom stereocenters. The first-order chi connectivity index (χ1) is 25.0. The van der Waals surface area contributed by atoms with Crippen molar-refractivity contribution in [1.82, 2.24) is 25.9 Å². The van der Waals surface area contributed by atoms with Crippen molar-refractivity contribution in [2.24, 2.45) is 0 Å². The summed E-state index contributed by atoms with van der Waals surface area (Å²) in [6.07, 6.45) is 2.71. The Morgan fingerprint density at radius 3 is 2.38 bits per heavy atom. The quantitative estimate of drug-likeness (QED) is 0.0997. The molecule has 14 heteroatoms. The van der Waals surface area contributed by atoms with E-state index >= 15 is 0 Å². The van der Waals surface area contributed by atoms with Crippen LogP contribution >= 0.6 is 31.9 Å². The molecule has 52 heavy (non-hydrogen) atoms. The van der Waals surface area contributed by atoms with E-state index in [1.54, 1.807) is 13.2 Å². The van der Waals surface area contributed by atoms with Gasteiger partial charge in [0, 0.05) is 53.3 Å². The Kier molecular flexibility index (Phi) is 11.8. The fourth-order valence-corrected chi connectivity index (χ4v) is 7.71. The average Bonchev–Trinajstić information content (AvgIpc) is 3.76. The highest BCUT2D eigenvalue weighted by Crippen LogP contribution is 2.45. The van der Waals surface area contributed by atoms with Gasteiger partial charge in [-0.1, -0.05) is 42.5 Å². The molecule has 2 aromatic heterocycles. The monoisotopic (exact) mass is 837 g/mol. The Balaban J connectivity index is 1.20. The molecule has 1 saturated heterocycles. The number of carbonyl (C=O) groups is 2. The molecule has 274 valence electrons. The number of amides is 1. The molecular weight excluding hydrogens is 798 g/mol. The van der Waals surface area contributed by atoms with Gasteiger partial charge in [-0.25, -0.2) is 4.98 Å². The second-order valence-corrected chi connectivity index (χ2v) is 14.7. The third-order valence-electron chi connectivity index (χ3n) is 9.59. The summed E-state index contributed by atoms with van der Waals surface area (Å²) in [5.41, 5.74) is 6.13. The van der Waals surface area contributed by atoms with Crippen molar-refractivity contribution >= 4 is 43.7 Å². The third-order valence-corrected chi connectivity index (χ3v) is 11.0. The van der Waals surface area contributed by atoms with E-state index in [9.17, 15) is 19.8 Å². The van der Waals surface area contributed by atoms with E-state index in [1.165, 1.54) is 19.6 Å². The molecule has 3 atom stereocenters. The van der Waals surface area contributed by atoms with Crippen LogP contribution in [0.2, 0.25) is 0 Å². The Hall–Kier alpha value is -4.08. The first-order valence-corrected chi connectivity index (χ1v) is 18.6. The number of fused-ring (bicyclic) bond motifs is 1. The van der Waals surface area contributed by atoms with Gasteiger partial charge in [-0.05, 0) is 92.4 Å². The van der Waals surface area contributed by atoms with Gasteiger partial charge < -0.3 is 35.1 Å². The molecule has 1 amide bonds. The SMILES string of the molecule is COc1nc(-c2cccc(-c3cccc4c3CC[C@@H]4Oc3nc(OC)c(CN[C@@](C)(CO)C(=O)O)cc3Br)c2Br)ccc1CNC[C@@H]1CCC(=O)N1. The number of halogens is 2. The Morgan fingerprint density at radius 1 is 0.942 bits per heavy atom.